The predicted molar refractivity (Wildman–Crippen MR) is 53.7 cm³/mol. The summed E-state index contributed by atoms with van der Waals surface area (Å²) in [5.74, 6) is 0.661. The zero-order valence-corrected chi connectivity index (χ0v) is 8.49. The maximum Gasteiger partial charge on any atom is 0.309 e. The van der Waals surface area contributed by atoms with Crippen LogP contribution in [0.5, 0.6) is 0 Å². The second-order valence-electron chi connectivity index (χ2n) is 2.99. The van der Waals surface area contributed by atoms with Gasteiger partial charge in [0.2, 0.25) is 0 Å². The summed E-state index contributed by atoms with van der Waals surface area (Å²) in [7, 11) is 0. The van der Waals surface area contributed by atoms with Gasteiger partial charge in [-0.2, -0.15) is 0 Å². The van der Waals surface area contributed by atoms with Crippen LogP contribution in [0.2, 0.25) is 0 Å². The Morgan fingerprint density at radius 3 is 3.00 bits per heavy atom. The smallest absolute Gasteiger partial charge is 0.309 e. The molecule has 0 saturated heterocycles. The number of carbonyl (C=O) groups is 1. The van der Waals surface area contributed by atoms with Crippen LogP contribution in [0.3, 0.4) is 0 Å². The summed E-state index contributed by atoms with van der Waals surface area (Å²) in [6, 6.07) is 0. The summed E-state index contributed by atoms with van der Waals surface area (Å²) in [6.45, 7) is 2.63. The fraction of sp³-hybridized carbons (Fsp3) is 0.545. The lowest BCUT2D eigenvalue weighted by Gasteiger charge is -2.09. The Bertz CT molecular complexity index is 241. The number of rotatable bonds is 5. The van der Waals surface area contributed by atoms with Gasteiger partial charge < -0.3 is 9.47 Å². The molecule has 1 aliphatic rings. The summed E-state index contributed by atoms with van der Waals surface area (Å²) in [6.07, 6.45) is 8.45. The molecule has 0 N–H and O–H groups in total. The van der Waals surface area contributed by atoms with E-state index in [1.807, 2.05) is 12.2 Å². The highest BCUT2D eigenvalue weighted by atomic mass is 16.5. The number of esters is 1. The molecule has 0 unspecified atom stereocenters. The molecule has 0 fully saturated rings. The second kappa shape index (κ2) is 6.24. The van der Waals surface area contributed by atoms with Gasteiger partial charge in [-0.3, -0.25) is 4.79 Å². The highest BCUT2D eigenvalue weighted by Gasteiger charge is 2.03. The molecule has 0 aromatic rings. The number of allylic oxidation sites excluding steroid dienone is 3. The van der Waals surface area contributed by atoms with Crippen LogP contribution in [-0.2, 0) is 14.3 Å². The van der Waals surface area contributed by atoms with Crippen molar-refractivity contribution in [2.45, 2.75) is 26.2 Å². The lowest BCUT2D eigenvalue weighted by molar-refractivity contribution is -0.143. The van der Waals surface area contributed by atoms with Crippen LogP contribution in [0.4, 0.5) is 0 Å². The molecule has 0 amide bonds. The van der Waals surface area contributed by atoms with Crippen molar-refractivity contribution < 1.29 is 14.3 Å². The van der Waals surface area contributed by atoms with Crippen molar-refractivity contribution >= 4 is 5.97 Å². The Morgan fingerprint density at radius 1 is 1.50 bits per heavy atom. The minimum Gasteiger partial charge on any atom is -0.493 e. The van der Waals surface area contributed by atoms with Gasteiger partial charge in [0.05, 0.1) is 19.6 Å². The topological polar surface area (TPSA) is 35.5 Å². The van der Waals surface area contributed by atoms with Crippen LogP contribution >= 0.6 is 0 Å². The number of carbonyl (C=O) groups excluding carboxylic acids is 1. The molecule has 0 aliphatic heterocycles. The lowest BCUT2D eigenvalue weighted by atomic mass is 10.2. The first-order chi connectivity index (χ1) is 6.83. The van der Waals surface area contributed by atoms with E-state index in [4.69, 9.17) is 9.47 Å². The zero-order chi connectivity index (χ0) is 10.2. The largest absolute Gasteiger partial charge is 0.493 e. The molecule has 14 heavy (non-hydrogen) atoms. The molecule has 0 radical (unpaired) electrons. The third-order valence-corrected chi connectivity index (χ3v) is 1.84. The van der Waals surface area contributed by atoms with Crippen molar-refractivity contribution in [3.63, 3.8) is 0 Å². The van der Waals surface area contributed by atoms with E-state index in [1.165, 1.54) is 0 Å². The Labute approximate surface area is 84.4 Å². The van der Waals surface area contributed by atoms with Crippen molar-refractivity contribution in [3.05, 3.63) is 24.0 Å². The monoisotopic (exact) mass is 196 g/mol. The number of ether oxygens (including phenoxy) is 2. The molecule has 0 bridgehead atoms. The standard InChI is InChI=1S/C11H16O3/c1-2-13-11(12)8-9-14-10-6-4-3-5-7-10/h4,6-7H,2-3,5,8-9H2,1H3. The Hall–Kier alpha value is -1.25. The number of hydrogen-bond donors (Lipinski definition) is 0. The van der Waals surface area contributed by atoms with Gasteiger partial charge in [0.25, 0.3) is 0 Å². The molecule has 78 valence electrons. The van der Waals surface area contributed by atoms with E-state index in [2.05, 4.69) is 6.08 Å². The zero-order valence-electron chi connectivity index (χ0n) is 8.49. The SMILES string of the molecule is CCOC(=O)CCOC1=CCCC=C1. The van der Waals surface area contributed by atoms with Crippen LogP contribution in [-0.4, -0.2) is 19.2 Å². The molecular formula is C11H16O3. The fourth-order valence-electron chi connectivity index (χ4n) is 1.18. The quantitative estimate of drug-likeness (QED) is 0.632. The lowest BCUT2D eigenvalue weighted by Crippen LogP contribution is -2.07. The Kier molecular flexibility index (Phi) is 4.83. The van der Waals surface area contributed by atoms with Crippen molar-refractivity contribution in [2.75, 3.05) is 13.2 Å². The highest BCUT2D eigenvalue weighted by Crippen LogP contribution is 2.10. The molecule has 3 nitrogen and oxygen atoms in total. The van der Waals surface area contributed by atoms with E-state index in [9.17, 15) is 4.79 Å². The van der Waals surface area contributed by atoms with Gasteiger partial charge in [-0.05, 0) is 31.9 Å². The predicted octanol–water partition coefficient (Wildman–Crippen LogP) is 2.19. The average molecular weight is 196 g/mol. The van der Waals surface area contributed by atoms with Gasteiger partial charge in [0.15, 0.2) is 0 Å². The van der Waals surface area contributed by atoms with E-state index in [1.54, 1.807) is 6.92 Å². The molecule has 0 saturated carbocycles. The van der Waals surface area contributed by atoms with Crippen molar-refractivity contribution in [1.82, 2.24) is 0 Å². The van der Waals surface area contributed by atoms with Gasteiger partial charge in [-0.15, -0.1) is 0 Å². The van der Waals surface area contributed by atoms with Gasteiger partial charge in [-0.25, -0.2) is 0 Å². The van der Waals surface area contributed by atoms with Gasteiger partial charge in [-0.1, -0.05) is 6.08 Å². The normalized spacial score (nSPS) is 14.8. The average Bonchev–Trinajstić information content (AvgIpc) is 2.20. The van der Waals surface area contributed by atoms with E-state index in [-0.39, 0.29) is 5.97 Å². The van der Waals surface area contributed by atoms with Crippen LogP contribution in [0, 0.1) is 0 Å². The first-order valence-electron chi connectivity index (χ1n) is 4.98. The second-order valence-corrected chi connectivity index (χ2v) is 2.99. The summed E-state index contributed by atoms with van der Waals surface area (Å²) in [5.41, 5.74) is 0. The summed E-state index contributed by atoms with van der Waals surface area (Å²) in [4.78, 5) is 10.9. The van der Waals surface area contributed by atoms with Crippen LogP contribution in [0.15, 0.2) is 24.0 Å². The molecule has 0 spiro atoms. The van der Waals surface area contributed by atoms with Crippen LogP contribution in [0.25, 0.3) is 0 Å². The highest BCUT2D eigenvalue weighted by molar-refractivity contribution is 5.69. The van der Waals surface area contributed by atoms with E-state index in [0.29, 0.717) is 19.6 Å². The summed E-state index contributed by atoms with van der Waals surface area (Å²) >= 11 is 0. The molecule has 0 heterocycles. The first kappa shape index (κ1) is 10.8. The molecule has 1 aliphatic carbocycles. The van der Waals surface area contributed by atoms with Gasteiger partial charge in [0, 0.05) is 0 Å². The van der Waals surface area contributed by atoms with E-state index >= 15 is 0 Å². The maximum absolute atomic E-state index is 10.9. The van der Waals surface area contributed by atoms with Gasteiger partial charge >= 0.3 is 5.97 Å². The van der Waals surface area contributed by atoms with E-state index < -0.39 is 0 Å². The summed E-state index contributed by atoms with van der Waals surface area (Å²) in [5, 5.41) is 0. The third-order valence-electron chi connectivity index (χ3n) is 1.84. The molecule has 1 rings (SSSR count). The Balaban J connectivity index is 2.11. The minimum absolute atomic E-state index is 0.201. The molecular weight excluding hydrogens is 180 g/mol. The van der Waals surface area contributed by atoms with E-state index in [0.717, 1.165) is 18.6 Å². The first-order valence-corrected chi connectivity index (χ1v) is 4.98. The fourth-order valence-corrected chi connectivity index (χ4v) is 1.18. The molecule has 0 atom stereocenters. The van der Waals surface area contributed by atoms with Crippen LogP contribution < -0.4 is 0 Å². The van der Waals surface area contributed by atoms with Gasteiger partial charge in [0.1, 0.15) is 5.76 Å². The molecule has 0 aromatic carbocycles. The van der Waals surface area contributed by atoms with Crippen LogP contribution in [0.1, 0.15) is 26.2 Å². The Morgan fingerprint density at radius 2 is 2.36 bits per heavy atom. The third kappa shape index (κ3) is 4.12. The molecule has 0 aromatic heterocycles. The molecule has 3 heteroatoms. The number of hydrogen-bond acceptors (Lipinski definition) is 3. The van der Waals surface area contributed by atoms with Crippen molar-refractivity contribution in [3.8, 4) is 0 Å². The maximum atomic E-state index is 10.9. The minimum atomic E-state index is -0.201. The van der Waals surface area contributed by atoms with Crippen molar-refractivity contribution in [2.24, 2.45) is 0 Å². The van der Waals surface area contributed by atoms with Crippen molar-refractivity contribution in [1.29, 1.82) is 0 Å². The summed E-state index contributed by atoms with van der Waals surface area (Å²) < 4.78 is 10.1.